The summed E-state index contributed by atoms with van der Waals surface area (Å²) in [6.07, 6.45) is -3.05. The molecule has 5 rings (SSSR count). The van der Waals surface area contributed by atoms with E-state index in [4.69, 9.17) is 13.9 Å². The van der Waals surface area contributed by atoms with E-state index in [2.05, 4.69) is 0 Å². The smallest absolute Gasteiger partial charge is 0.233 e. The van der Waals surface area contributed by atoms with E-state index >= 15 is 0 Å². The number of carbonyl (C=O) groups excluding carboxylic acids is 3. The van der Waals surface area contributed by atoms with Crippen molar-refractivity contribution in [2.75, 3.05) is 0 Å². The van der Waals surface area contributed by atoms with E-state index in [0.717, 1.165) is 5.56 Å². The highest BCUT2D eigenvalue weighted by atomic mass is 16.7. The van der Waals surface area contributed by atoms with E-state index in [-0.39, 0.29) is 45.8 Å². The molecular weight excluding hydrogens is 416 g/mol. The van der Waals surface area contributed by atoms with Crippen LogP contribution in [-0.4, -0.2) is 52.7 Å². The van der Waals surface area contributed by atoms with Gasteiger partial charge in [0.25, 0.3) is 0 Å². The first-order valence-electron chi connectivity index (χ1n) is 10.2. The van der Waals surface area contributed by atoms with Crippen molar-refractivity contribution in [2.24, 2.45) is 0 Å². The largest absolute Gasteiger partial charge is 0.464 e. The van der Waals surface area contributed by atoms with Crippen LogP contribution in [0.25, 0.3) is 11.0 Å². The molecule has 1 fully saturated rings. The fourth-order valence-electron chi connectivity index (χ4n) is 4.42. The van der Waals surface area contributed by atoms with E-state index in [1.807, 2.05) is 0 Å². The molecule has 0 amide bonds. The standard InChI is InChI=1S/C24H20O8/c1-10-6-12(9-25)18-16(7-10)32-24-20(18)22(28)13-4-3-5-15(19(13)23(24)29)31-17-8-14(26)21(27)11(2)30-17/h3-7,9,11,14,17,21,26-27H,8H2,1-2H3. The highest BCUT2D eigenvalue weighted by molar-refractivity contribution is 6.33. The van der Waals surface area contributed by atoms with Gasteiger partial charge < -0.3 is 24.1 Å². The van der Waals surface area contributed by atoms with Crippen LogP contribution < -0.4 is 4.74 Å². The van der Waals surface area contributed by atoms with Crippen LogP contribution in [0.1, 0.15) is 61.3 Å². The second-order valence-corrected chi connectivity index (χ2v) is 8.17. The number of furan rings is 1. The number of rotatable bonds is 3. The van der Waals surface area contributed by atoms with Gasteiger partial charge >= 0.3 is 0 Å². The molecule has 3 aromatic rings. The molecule has 0 spiro atoms. The van der Waals surface area contributed by atoms with Gasteiger partial charge in [-0.1, -0.05) is 12.1 Å². The molecule has 2 aromatic carbocycles. The fraction of sp³-hybridized carbons (Fsp3) is 0.292. The van der Waals surface area contributed by atoms with E-state index in [1.165, 1.54) is 12.1 Å². The van der Waals surface area contributed by atoms with E-state index < -0.39 is 36.2 Å². The Labute approximate surface area is 182 Å². The third-order valence-corrected chi connectivity index (χ3v) is 5.96. The van der Waals surface area contributed by atoms with Crippen LogP contribution in [0, 0.1) is 6.92 Å². The average molecular weight is 436 g/mol. The minimum Gasteiger partial charge on any atom is -0.464 e. The van der Waals surface area contributed by atoms with Crippen molar-refractivity contribution in [3.8, 4) is 5.75 Å². The number of aldehydes is 1. The van der Waals surface area contributed by atoms with Crippen LogP contribution in [0.15, 0.2) is 34.7 Å². The fourth-order valence-corrected chi connectivity index (χ4v) is 4.42. The average Bonchev–Trinajstić information content (AvgIpc) is 3.15. The maximum Gasteiger partial charge on any atom is 0.233 e. The van der Waals surface area contributed by atoms with Crippen molar-refractivity contribution in [1.82, 2.24) is 0 Å². The highest BCUT2D eigenvalue weighted by Crippen LogP contribution is 2.40. The van der Waals surface area contributed by atoms with Gasteiger partial charge in [-0.25, -0.2) is 0 Å². The van der Waals surface area contributed by atoms with Gasteiger partial charge in [0.1, 0.15) is 17.4 Å². The van der Waals surface area contributed by atoms with Gasteiger partial charge in [0.15, 0.2) is 17.8 Å². The Morgan fingerprint density at radius 3 is 2.62 bits per heavy atom. The summed E-state index contributed by atoms with van der Waals surface area (Å²) in [5.41, 5.74) is 1.55. The van der Waals surface area contributed by atoms with Crippen molar-refractivity contribution >= 4 is 28.8 Å². The number of hydrogen-bond donors (Lipinski definition) is 2. The zero-order valence-electron chi connectivity index (χ0n) is 17.3. The van der Waals surface area contributed by atoms with Crippen molar-refractivity contribution in [3.05, 3.63) is 63.9 Å². The van der Waals surface area contributed by atoms with Gasteiger partial charge in [0, 0.05) is 22.9 Å². The van der Waals surface area contributed by atoms with Crippen LogP contribution in [0.2, 0.25) is 0 Å². The molecule has 8 heteroatoms. The summed E-state index contributed by atoms with van der Waals surface area (Å²) < 4.78 is 17.2. The number of aliphatic hydroxyl groups is 2. The maximum absolute atomic E-state index is 13.4. The first-order valence-corrected chi connectivity index (χ1v) is 10.2. The number of fused-ring (bicyclic) bond motifs is 4. The second kappa shape index (κ2) is 7.37. The van der Waals surface area contributed by atoms with Crippen LogP contribution in [-0.2, 0) is 4.74 Å². The van der Waals surface area contributed by atoms with Crippen LogP contribution in [0.4, 0.5) is 0 Å². The summed E-state index contributed by atoms with van der Waals surface area (Å²) in [7, 11) is 0. The molecule has 0 saturated carbocycles. The lowest BCUT2D eigenvalue weighted by atomic mass is 9.85. The molecule has 0 bridgehead atoms. The van der Waals surface area contributed by atoms with E-state index in [0.29, 0.717) is 11.7 Å². The molecule has 1 aromatic heterocycles. The van der Waals surface area contributed by atoms with E-state index in [1.54, 1.807) is 32.0 Å². The molecule has 2 aliphatic rings. The van der Waals surface area contributed by atoms with E-state index in [9.17, 15) is 24.6 Å². The predicted octanol–water partition coefficient (Wildman–Crippen LogP) is 2.56. The van der Waals surface area contributed by atoms with Gasteiger partial charge in [0.2, 0.25) is 12.1 Å². The normalized spacial score (nSPS) is 24.9. The lowest BCUT2D eigenvalue weighted by molar-refractivity contribution is -0.216. The topological polar surface area (TPSA) is 123 Å². The first kappa shape index (κ1) is 20.6. The number of hydrogen-bond acceptors (Lipinski definition) is 8. The molecule has 32 heavy (non-hydrogen) atoms. The Kier molecular flexibility index (Phi) is 4.74. The molecule has 0 radical (unpaired) electrons. The van der Waals surface area contributed by atoms with Crippen molar-refractivity contribution < 1.29 is 38.5 Å². The molecular formula is C24H20O8. The molecule has 8 nitrogen and oxygen atoms in total. The molecule has 1 saturated heterocycles. The van der Waals surface area contributed by atoms with Crippen LogP contribution in [0.5, 0.6) is 5.75 Å². The highest BCUT2D eigenvalue weighted by Gasteiger charge is 2.40. The molecule has 1 aliphatic heterocycles. The summed E-state index contributed by atoms with van der Waals surface area (Å²) in [6, 6.07) is 7.94. The van der Waals surface area contributed by atoms with Gasteiger partial charge in [0.05, 0.1) is 23.3 Å². The minimum absolute atomic E-state index is 0.00479. The summed E-state index contributed by atoms with van der Waals surface area (Å²) >= 11 is 0. The lowest BCUT2D eigenvalue weighted by Crippen LogP contribution is -2.48. The summed E-state index contributed by atoms with van der Waals surface area (Å²) in [5.74, 6) is -1.02. The zero-order chi connectivity index (χ0) is 22.7. The summed E-state index contributed by atoms with van der Waals surface area (Å²) in [6.45, 7) is 3.39. The third-order valence-electron chi connectivity index (χ3n) is 5.96. The second-order valence-electron chi connectivity index (χ2n) is 8.17. The quantitative estimate of drug-likeness (QED) is 0.470. The van der Waals surface area contributed by atoms with Gasteiger partial charge in [-0.15, -0.1) is 0 Å². The van der Waals surface area contributed by atoms with Crippen LogP contribution >= 0.6 is 0 Å². The molecule has 2 heterocycles. The Bertz CT molecular complexity index is 1270. The molecule has 2 N–H and O–H groups in total. The van der Waals surface area contributed by atoms with Gasteiger partial charge in [-0.3, -0.25) is 14.4 Å². The maximum atomic E-state index is 13.4. The lowest BCUT2D eigenvalue weighted by Gasteiger charge is -2.35. The summed E-state index contributed by atoms with van der Waals surface area (Å²) in [5, 5.41) is 20.2. The number of carbonyl (C=O) groups is 3. The van der Waals surface area contributed by atoms with Crippen molar-refractivity contribution in [3.63, 3.8) is 0 Å². The van der Waals surface area contributed by atoms with Crippen molar-refractivity contribution in [2.45, 2.75) is 44.9 Å². The Morgan fingerprint density at radius 2 is 1.91 bits per heavy atom. The van der Waals surface area contributed by atoms with Crippen molar-refractivity contribution in [1.29, 1.82) is 0 Å². The van der Waals surface area contributed by atoms with Crippen LogP contribution in [0.3, 0.4) is 0 Å². The number of aliphatic hydroxyl groups excluding tert-OH is 2. The third kappa shape index (κ3) is 2.99. The van der Waals surface area contributed by atoms with Gasteiger partial charge in [-0.05, 0) is 37.6 Å². The Morgan fingerprint density at radius 1 is 1.12 bits per heavy atom. The molecule has 1 aliphatic carbocycles. The number of ketones is 2. The monoisotopic (exact) mass is 436 g/mol. The summed E-state index contributed by atoms with van der Waals surface area (Å²) in [4.78, 5) is 38.4. The predicted molar refractivity (Wildman–Crippen MR) is 111 cm³/mol. The first-order chi connectivity index (χ1) is 15.3. The Balaban J connectivity index is 1.60. The van der Waals surface area contributed by atoms with Gasteiger partial charge in [-0.2, -0.15) is 0 Å². The molecule has 164 valence electrons. The number of aryl methyl sites for hydroxylation is 1. The minimum atomic E-state index is -1.05. The molecule has 4 atom stereocenters. The number of benzene rings is 2. The SMILES string of the molecule is Cc1cc(C=O)c2c3c(oc2c1)C(=O)c1c(OC2CC(O)C(O)C(C)O2)cccc1C3=O. The molecule has 4 unspecified atom stereocenters. The number of ether oxygens (including phenoxy) is 2. The Hall–Kier alpha value is -3.33. The zero-order valence-corrected chi connectivity index (χ0v) is 17.3.